The zero-order valence-electron chi connectivity index (χ0n) is 24.6. The molecule has 214 valence electrons. The summed E-state index contributed by atoms with van der Waals surface area (Å²) in [6, 6.07) is 12.1. The second-order valence-corrected chi connectivity index (χ2v) is 12.0. The summed E-state index contributed by atoms with van der Waals surface area (Å²) in [6.07, 6.45) is 0.923. The summed E-state index contributed by atoms with van der Waals surface area (Å²) in [7, 11) is 0. The molecule has 0 aliphatic carbocycles. The number of nitrogens with zero attached hydrogens (tertiary/aromatic N) is 1. The van der Waals surface area contributed by atoms with Gasteiger partial charge in [0.15, 0.2) is 0 Å². The number of aromatic hydroxyl groups is 1. The topological polar surface area (TPSA) is 108 Å². The molecule has 0 aliphatic heterocycles. The lowest BCUT2D eigenvalue weighted by molar-refractivity contribution is -0.143. The third-order valence-electron chi connectivity index (χ3n) is 5.82. The minimum Gasteiger partial charge on any atom is -0.508 e. The minimum atomic E-state index is -1.00. The number of aryl methyl sites for hydroxylation is 1. The molecule has 3 amide bonds. The second kappa shape index (κ2) is 13.5. The highest BCUT2D eigenvalue weighted by atomic mass is 16.6. The minimum absolute atomic E-state index is 0.102. The molecule has 0 bridgehead atoms. The number of unbranched alkanes of at least 4 members (excludes halogenated alkanes) is 1. The highest BCUT2D eigenvalue weighted by Gasteiger charge is 2.37. The van der Waals surface area contributed by atoms with Crippen LogP contribution in [0.5, 0.6) is 5.75 Å². The van der Waals surface area contributed by atoms with Crippen molar-refractivity contribution in [2.45, 2.75) is 97.9 Å². The van der Waals surface area contributed by atoms with Crippen LogP contribution in [0.25, 0.3) is 0 Å². The summed E-state index contributed by atoms with van der Waals surface area (Å²) >= 11 is 0. The van der Waals surface area contributed by atoms with Crippen LogP contribution in [0.1, 0.15) is 84.0 Å². The third-order valence-corrected chi connectivity index (χ3v) is 5.82. The fraction of sp³-hybridized carbons (Fsp3) is 0.516. The van der Waals surface area contributed by atoms with E-state index in [-0.39, 0.29) is 18.1 Å². The maximum Gasteiger partial charge on any atom is 0.408 e. The van der Waals surface area contributed by atoms with E-state index in [0.717, 1.165) is 17.5 Å². The molecule has 2 aromatic rings. The molecule has 8 heteroatoms. The first kappa shape index (κ1) is 31.7. The van der Waals surface area contributed by atoms with E-state index in [0.29, 0.717) is 18.5 Å². The maximum absolute atomic E-state index is 14.3. The molecule has 2 rings (SSSR count). The highest BCUT2D eigenvalue weighted by molar-refractivity contribution is 5.92. The van der Waals surface area contributed by atoms with Crippen molar-refractivity contribution in [1.29, 1.82) is 0 Å². The Kier molecular flexibility index (Phi) is 11.0. The normalized spacial score (nSPS) is 13.2. The summed E-state index contributed by atoms with van der Waals surface area (Å²) in [4.78, 5) is 42.5. The average molecular weight is 540 g/mol. The van der Waals surface area contributed by atoms with Gasteiger partial charge in [0.05, 0.1) is 0 Å². The van der Waals surface area contributed by atoms with Gasteiger partial charge in [0.2, 0.25) is 11.8 Å². The van der Waals surface area contributed by atoms with Crippen molar-refractivity contribution in [2.24, 2.45) is 0 Å². The predicted octanol–water partition coefficient (Wildman–Crippen LogP) is 5.42. The number of phenolic OH excluding ortho intramolecular Hbond substituents is 1. The summed E-state index contributed by atoms with van der Waals surface area (Å²) in [6.45, 7) is 15.2. The van der Waals surface area contributed by atoms with Crippen LogP contribution in [0.2, 0.25) is 0 Å². The SMILES string of the molecule is CCCCN(C(=O)C(Cc1ccc(O)cc1)NC(=O)OC(C)(C)C)C(C(=O)NC(C)(C)C)c1cccc(C)c1. The van der Waals surface area contributed by atoms with E-state index in [9.17, 15) is 19.5 Å². The molecule has 3 N–H and O–H groups in total. The second-order valence-electron chi connectivity index (χ2n) is 12.0. The lowest BCUT2D eigenvalue weighted by Gasteiger charge is -2.36. The summed E-state index contributed by atoms with van der Waals surface area (Å²) in [5.41, 5.74) is 1.13. The van der Waals surface area contributed by atoms with Crippen molar-refractivity contribution in [2.75, 3.05) is 6.54 Å². The molecule has 2 unspecified atom stereocenters. The molecule has 0 radical (unpaired) electrons. The molecular formula is C31H45N3O5. The standard InChI is InChI=1S/C31H45N3O5/c1-9-10-18-34(26(27(36)33-30(3,4)5)23-13-11-12-21(2)19-23)28(37)25(32-29(38)39-31(6,7)8)20-22-14-16-24(35)17-15-22/h11-17,19,25-26,35H,9-10,18,20H2,1-8H3,(H,32,38)(H,33,36). The van der Waals surface area contributed by atoms with Gasteiger partial charge in [-0.2, -0.15) is 0 Å². The van der Waals surface area contributed by atoms with E-state index in [1.807, 2.05) is 58.9 Å². The largest absolute Gasteiger partial charge is 0.508 e. The van der Waals surface area contributed by atoms with Crippen LogP contribution >= 0.6 is 0 Å². The number of phenols is 1. The van der Waals surface area contributed by atoms with Crippen molar-refractivity contribution in [3.8, 4) is 5.75 Å². The van der Waals surface area contributed by atoms with Crippen molar-refractivity contribution in [3.63, 3.8) is 0 Å². The first-order valence-corrected chi connectivity index (χ1v) is 13.6. The van der Waals surface area contributed by atoms with Gasteiger partial charge in [0, 0.05) is 18.5 Å². The molecule has 8 nitrogen and oxygen atoms in total. The quantitative estimate of drug-likeness (QED) is 0.374. The fourth-order valence-corrected chi connectivity index (χ4v) is 4.16. The zero-order valence-corrected chi connectivity index (χ0v) is 24.6. The van der Waals surface area contributed by atoms with Gasteiger partial charge in [0.1, 0.15) is 23.4 Å². The Labute approximate surface area is 233 Å². The molecule has 0 aromatic heterocycles. The molecular weight excluding hydrogens is 494 g/mol. The van der Waals surface area contributed by atoms with Gasteiger partial charge < -0.3 is 25.4 Å². The van der Waals surface area contributed by atoms with Gasteiger partial charge in [-0.25, -0.2) is 4.79 Å². The predicted molar refractivity (Wildman–Crippen MR) is 153 cm³/mol. The van der Waals surface area contributed by atoms with E-state index in [2.05, 4.69) is 10.6 Å². The molecule has 0 aliphatic rings. The first-order valence-electron chi connectivity index (χ1n) is 13.6. The fourth-order valence-electron chi connectivity index (χ4n) is 4.16. The van der Waals surface area contributed by atoms with Crippen molar-refractivity contribution in [3.05, 3.63) is 65.2 Å². The number of benzene rings is 2. The Morgan fingerprint density at radius 2 is 1.64 bits per heavy atom. The lowest BCUT2D eigenvalue weighted by atomic mass is 9.97. The van der Waals surface area contributed by atoms with Gasteiger partial charge in [-0.3, -0.25) is 9.59 Å². The molecule has 39 heavy (non-hydrogen) atoms. The van der Waals surface area contributed by atoms with E-state index >= 15 is 0 Å². The smallest absolute Gasteiger partial charge is 0.408 e. The third kappa shape index (κ3) is 10.6. The first-order chi connectivity index (χ1) is 18.1. The molecule has 2 aromatic carbocycles. The Bertz CT molecular complexity index is 1120. The molecule has 0 fully saturated rings. The molecule has 0 saturated carbocycles. The Morgan fingerprint density at radius 3 is 2.18 bits per heavy atom. The van der Waals surface area contributed by atoms with E-state index in [4.69, 9.17) is 4.74 Å². The Hall–Kier alpha value is -3.55. The monoisotopic (exact) mass is 539 g/mol. The molecule has 0 saturated heterocycles. The average Bonchev–Trinajstić information content (AvgIpc) is 2.79. The summed E-state index contributed by atoms with van der Waals surface area (Å²) in [5.74, 6) is -0.583. The van der Waals surface area contributed by atoms with Crippen molar-refractivity contribution in [1.82, 2.24) is 15.5 Å². The lowest BCUT2D eigenvalue weighted by Crippen LogP contribution is -2.55. The summed E-state index contributed by atoms with van der Waals surface area (Å²) < 4.78 is 5.47. The number of nitrogens with one attached hydrogen (secondary N) is 2. The van der Waals surface area contributed by atoms with Crippen molar-refractivity contribution < 1.29 is 24.2 Å². The summed E-state index contributed by atoms with van der Waals surface area (Å²) in [5, 5.41) is 15.5. The van der Waals surface area contributed by atoms with Crippen molar-refractivity contribution >= 4 is 17.9 Å². The molecule has 0 spiro atoms. The Balaban J connectivity index is 2.57. The number of carbonyl (C=O) groups is 3. The van der Waals surface area contributed by atoms with Gasteiger partial charge in [-0.05, 0) is 78.1 Å². The van der Waals surface area contributed by atoms with Gasteiger partial charge >= 0.3 is 6.09 Å². The number of alkyl carbamates (subject to hydrolysis) is 1. The number of amides is 3. The number of hydrogen-bond acceptors (Lipinski definition) is 5. The maximum atomic E-state index is 14.3. The zero-order chi connectivity index (χ0) is 29.4. The van der Waals surface area contributed by atoms with Crippen LogP contribution < -0.4 is 10.6 Å². The van der Waals surface area contributed by atoms with Gasteiger partial charge in [-0.15, -0.1) is 0 Å². The molecule has 0 heterocycles. The van der Waals surface area contributed by atoms with E-state index < -0.39 is 35.2 Å². The van der Waals surface area contributed by atoms with Crippen LogP contribution in [0.15, 0.2) is 48.5 Å². The number of hydrogen-bond donors (Lipinski definition) is 3. The van der Waals surface area contributed by atoms with Crippen LogP contribution in [0.4, 0.5) is 4.79 Å². The van der Waals surface area contributed by atoms with Crippen LogP contribution in [0.3, 0.4) is 0 Å². The number of ether oxygens (including phenoxy) is 1. The molecule has 2 atom stereocenters. The Morgan fingerprint density at radius 1 is 1.00 bits per heavy atom. The van der Waals surface area contributed by atoms with E-state index in [1.165, 1.54) is 12.1 Å². The van der Waals surface area contributed by atoms with Gasteiger partial charge in [0.25, 0.3) is 0 Å². The number of carbonyl (C=O) groups excluding carboxylic acids is 3. The highest BCUT2D eigenvalue weighted by Crippen LogP contribution is 2.26. The number of rotatable bonds is 10. The van der Waals surface area contributed by atoms with Gasteiger partial charge in [-0.1, -0.05) is 55.3 Å². The van der Waals surface area contributed by atoms with E-state index in [1.54, 1.807) is 37.8 Å². The van der Waals surface area contributed by atoms with Crippen LogP contribution in [0, 0.1) is 6.92 Å². The van der Waals surface area contributed by atoms with Crippen LogP contribution in [-0.4, -0.2) is 51.6 Å². The van der Waals surface area contributed by atoms with Crippen LogP contribution in [-0.2, 0) is 20.7 Å².